The Hall–Kier alpha value is -2.33. The van der Waals surface area contributed by atoms with E-state index in [2.05, 4.69) is 77.3 Å². The molecule has 0 aliphatic rings. The number of aryl methyl sites for hydroxylation is 1. The van der Waals surface area contributed by atoms with Crippen LogP contribution in [-0.4, -0.2) is 43.3 Å². The average molecular weight is 581 g/mol. The van der Waals surface area contributed by atoms with Crippen LogP contribution in [-0.2, 0) is 22.5 Å². The average Bonchev–Trinajstić information content (AvgIpc) is 2.98. The maximum absolute atomic E-state index is 13.3. The quantitative estimate of drug-likeness (QED) is 0.0704. The predicted molar refractivity (Wildman–Crippen MR) is 178 cm³/mol. The first-order valence-corrected chi connectivity index (χ1v) is 17.2. The Labute approximate surface area is 258 Å². The molecule has 2 rings (SSSR count). The largest absolute Gasteiger partial charge is 0.487 e. The van der Waals surface area contributed by atoms with E-state index in [4.69, 9.17) is 9.47 Å². The molecule has 0 saturated heterocycles. The van der Waals surface area contributed by atoms with E-state index >= 15 is 0 Å². The van der Waals surface area contributed by atoms with Gasteiger partial charge in [0.05, 0.1) is 14.1 Å². The van der Waals surface area contributed by atoms with Gasteiger partial charge < -0.3 is 14.0 Å². The van der Waals surface area contributed by atoms with Gasteiger partial charge in [-0.25, -0.2) is 4.79 Å². The van der Waals surface area contributed by atoms with Crippen molar-refractivity contribution in [1.29, 1.82) is 0 Å². The SMILES string of the molecule is CCCCCCCCCCCCCCc1cccc(OC(CC)COC(=O)C(CCC)[N+](C)(C)Cc2ccccc2)c1. The van der Waals surface area contributed by atoms with Crippen LogP contribution in [0, 0.1) is 0 Å². The molecule has 2 aromatic rings. The molecule has 0 radical (unpaired) electrons. The number of carbonyl (C=O) groups is 1. The molecule has 2 aromatic carbocycles. The summed E-state index contributed by atoms with van der Waals surface area (Å²) in [5, 5.41) is 0. The lowest BCUT2D eigenvalue weighted by molar-refractivity contribution is -0.920. The van der Waals surface area contributed by atoms with Gasteiger partial charge >= 0.3 is 5.97 Å². The molecule has 0 aromatic heterocycles. The van der Waals surface area contributed by atoms with E-state index < -0.39 is 0 Å². The predicted octanol–water partition coefficient (Wildman–Crippen LogP) is 10.1. The molecular formula is C38H62NO3+. The number of nitrogens with zero attached hydrogens (tertiary/aromatic N) is 1. The first-order valence-electron chi connectivity index (χ1n) is 17.2. The van der Waals surface area contributed by atoms with Crippen LogP contribution in [0.3, 0.4) is 0 Å². The highest BCUT2D eigenvalue weighted by Gasteiger charge is 2.36. The van der Waals surface area contributed by atoms with Gasteiger partial charge in [0.25, 0.3) is 0 Å². The molecule has 4 nitrogen and oxygen atoms in total. The molecule has 2 atom stereocenters. The van der Waals surface area contributed by atoms with Gasteiger partial charge in [0.2, 0.25) is 0 Å². The van der Waals surface area contributed by atoms with Gasteiger partial charge in [0, 0.05) is 12.0 Å². The summed E-state index contributed by atoms with van der Waals surface area (Å²) in [6.07, 6.45) is 19.9. The van der Waals surface area contributed by atoms with Crippen LogP contribution in [0.2, 0.25) is 0 Å². The number of hydrogen-bond donors (Lipinski definition) is 0. The van der Waals surface area contributed by atoms with E-state index in [1.54, 1.807) is 0 Å². The lowest BCUT2D eigenvalue weighted by atomic mass is 10.0. The Morgan fingerprint density at radius 1 is 0.714 bits per heavy atom. The fourth-order valence-electron chi connectivity index (χ4n) is 5.83. The second kappa shape index (κ2) is 21.4. The zero-order valence-corrected chi connectivity index (χ0v) is 27.8. The third kappa shape index (κ3) is 14.7. The summed E-state index contributed by atoms with van der Waals surface area (Å²) in [5.74, 6) is 0.750. The minimum Gasteiger partial charge on any atom is -0.487 e. The Morgan fingerprint density at radius 3 is 1.90 bits per heavy atom. The molecule has 0 aliphatic carbocycles. The van der Waals surface area contributed by atoms with Gasteiger partial charge in [-0.05, 0) is 43.4 Å². The summed E-state index contributed by atoms with van der Waals surface area (Å²) in [6, 6.07) is 18.7. The molecule has 0 spiro atoms. The van der Waals surface area contributed by atoms with Crippen LogP contribution in [0.4, 0.5) is 0 Å². The van der Waals surface area contributed by atoms with E-state index in [9.17, 15) is 4.79 Å². The highest BCUT2D eigenvalue weighted by Crippen LogP contribution is 2.22. The second-order valence-corrected chi connectivity index (χ2v) is 12.8. The maximum Gasteiger partial charge on any atom is 0.365 e. The van der Waals surface area contributed by atoms with E-state index in [-0.39, 0.29) is 24.7 Å². The van der Waals surface area contributed by atoms with Crippen LogP contribution >= 0.6 is 0 Å². The molecule has 42 heavy (non-hydrogen) atoms. The number of likely N-dealkylation sites (N-methyl/N-ethyl adjacent to an activating group) is 1. The molecule has 0 amide bonds. The first-order chi connectivity index (χ1) is 20.4. The zero-order chi connectivity index (χ0) is 30.5. The standard InChI is InChI=1S/C38H62NO3/c1-6-9-10-11-12-13-14-15-16-17-18-20-25-33-28-23-29-36(30-33)42-35(8-3)32-41-38(40)37(24-7-2)39(4,5)31-34-26-21-19-22-27-34/h19,21-23,26-30,35,37H,6-18,20,24-25,31-32H2,1-5H3/q+1. The molecule has 4 heteroatoms. The second-order valence-electron chi connectivity index (χ2n) is 12.8. The number of benzene rings is 2. The number of unbranched alkanes of at least 4 members (excludes halogenated alkanes) is 11. The molecule has 0 bridgehead atoms. The van der Waals surface area contributed by atoms with Crippen molar-refractivity contribution < 1.29 is 18.8 Å². The maximum atomic E-state index is 13.3. The summed E-state index contributed by atoms with van der Waals surface area (Å²) < 4.78 is 12.8. The van der Waals surface area contributed by atoms with Crippen LogP contribution in [0.15, 0.2) is 54.6 Å². The lowest BCUT2D eigenvalue weighted by Gasteiger charge is -2.36. The topological polar surface area (TPSA) is 35.5 Å². The van der Waals surface area contributed by atoms with Crippen LogP contribution in [0.1, 0.15) is 128 Å². The summed E-state index contributed by atoms with van der Waals surface area (Å²) in [5.41, 5.74) is 2.56. The van der Waals surface area contributed by atoms with E-state index in [1.807, 2.05) is 12.1 Å². The molecule has 0 saturated carbocycles. The van der Waals surface area contributed by atoms with Crippen molar-refractivity contribution in [2.24, 2.45) is 0 Å². The van der Waals surface area contributed by atoms with Gasteiger partial charge in [-0.2, -0.15) is 0 Å². The van der Waals surface area contributed by atoms with Crippen LogP contribution < -0.4 is 4.74 Å². The molecule has 2 unspecified atom stereocenters. The van der Waals surface area contributed by atoms with Crippen LogP contribution in [0.5, 0.6) is 5.75 Å². The third-order valence-electron chi connectivity index (χ3n) is 8.50. The van der Waals surface area contributed by atoms with Crippen molar-refractivity contribution in [3.05, 3.63) is 65.7 Å². The number of ether oxygens (including phenoxy) is 2. The highest BCUT2D eigenvalue weighted by atomic mass is 16.6. The third-order valence-corrected chi connectivity index (χ3v) is 8.50. The first kappa shape index (κ1) is 35.9. The van der Waals surface area contributed by atoms with Crippen LogP contribution in [0.25, 0.3) is 0 Å². The molecular weight excluding hydrogens is 518 g/mol. The normalized spacial score (nSPS) is 13.1. The fraction of sp³-hybridized carbons (Fsp3) is 0.658. The highest BCUT2D eigenvalue weighted by molar-refractivity contribution is 5.74. The summed E-state index contributed by atoms with van der Waals surface area (Å²) in [6.45, 7) is 7.58. The van der Waals surface area contributed by atoms with Crippen molar-refractivity contribution >= 4 is 5.97 Å². The van der Waals surface area contributed by atoms with Crippen molar-refractivity contribution in [2.45, 2.75) is 142 Å². The number of carbonyl (C=O) groups excluding carboxylic acids is 1. The Kier molecular flexibility index (Phi) is 18.3. The number of hydrogen-bond acceptors (Lipinski definition) is 3. The molecule has 0 N–H and O–H groups in total. The summed E-state index contributed by atoms with van der Waals surface area (Å²) >= 11 is 0. The zero-order valence-electron chi connectivity index (χ0n) is 27.8. The van der Waals surface area contributed by atoms with Crippen molar-refractivity contribution in [2.75, 3.05) is 20.7 Å². The summed E-state index contributed by atoms with van der Waals surface area (Å²) in [4.78, 5) is 13.3. The van der Waals surface area contributed by atoms with Crippen molar-refractivity contribution in [1.82, 2.24) is 0 Å². The van der Waals surface area contributed by atoms with E-state index in [0.29, 0.717) is 4.48 Å². The van der Waals surface area contributed by atoms with Gasteiger partial charge in [-0.15, -0.1) is 0 Å². The molecule has 0 fully saturated rings. The number of quaternary nitrogens is 1. The Balaban J connectivity index is 1.73. The number of rotatable bonds is 24. The number of esters is 1. The van der Waals surface area contributed by atoms with E-state index in [1.165, 1.54) is 88.2 Å². The van der Waals surface area contributed by atoms with Gasteiger partial charge in [0.15, 0.2) is 6.04 Å². The fourth-order valence-corrected chi connectivity index (χ4v) is 5.83. The van der Waals surface area contributed by atoms with Gasteiger partial charge in [-0.3, -0.25) is 0 Å². The van der Waals surface area contributed by atoms with Crippen molar-refractivity contribution in [3.63, 3.8) is 0 Å². The minimum atomic E-state index is -0.202. The van der Waals surface area contributed by atoms with Gasteiger partial charge in [0.1, 0.15) is 25.0 Å². The molecule has 236 valence electrons. The van der Waals surface area contributed by atoms with E-state index in [0.717, 1.165) is 38.0 Å². The van der Waals surface area contributed by atoms with Gasteiger partial charge in [-0.1, -0.05) is 134 Å². The Bertz CT molecular complexity index is 958. The molecule has 0 heterocycles. The molecule has 0 aliphatic heterocycles. The minimum absolute atomic E-state index is 0.124. The van der Waals surface area contributed by atoms with Crippen molar-refractivity contribution in [3.8, 4) is 5.75 Å². The lowest BCUT2D eigenvalue weighted by Crippen LogP contribution is -2.53. The monoisotopic (exact) mass is 580 g/mol. The summed E-state index contributed by atoms with van der Waals surface area (Å²) in [7, 11) is 4.26. The Morgan fingerprint density at radius 2 is 1.31 bits per heavy atom. The smallest absolute Gasteiger partial charge is 0.365 e.